The van der Waals surface area contributed by atoms with Crippen LogP contribution in [-0.2, 0) is 20.7 Å². The second-order valence-electron chi connectivity index (χ2n) is 4.80. The molecule has 0 saturated heterocycles. The van der Waals surface area contributed by atoms with Crippen LogP contribution < -0.4 is 4.90 Å². The number of carbonyl (C=O) groups excluding carboxylic acids is 2. The number of carbonyl (C=O) groups is 2. The molecule has 0 spiro atoms. The molecule has 0 saturated carbocycles. The van der Waals surface area contributed by atoms with E-state index in [1.165, 1.54) is 0 Å². The largest absolute Gasteiger partial charge is 0.455 e. The van der Waals surface area contributed by atoms with Gasteiger partial charge in [-0.15, -0.1) is 0 Å². The van der Waals surface area contributed by atoms with Gasteiger partial charge in [-0.25, -0.2) is 0 Å². The molecule has 0 unspecified atom stereocenters. The lowest BCUT2D eigenvalue weighted by Gasteiger charge is -2.20. The molecular formula is C18H19NO3. The zero-order valence-electron chi connectivity index (χ0n) is 12.6. The van der Waals surface area contributed by atoms with E-state index in [2.05, 4.69) is 0 Å². The zero-order valence-corrected chi connectivity index (χ0v) is 12.6. The minimum atomic E-state index is -0.399. The molecule has 0 aliphatic carbocycles. The Labute approximate surface area is 130 Å². The lowest BCUT2D eigenvalue weighted by atomic mass is 10.2. The van der Waals surface area contributed by atoms with E-state index in [0.717, 1.165) is 11.3 Å². The summed E-state index contributed by atoms with van der Waals surface area (Å²) >= 11 is 0. The standard InChI is InChI=1S/C18H19NO3/c1-2-19(16-11-7-4-8-12-16)17(20)14-22-18(21)13-15-9-5-3-6-10-15/h3-12H,2,13-14H2,1H3. The van der Waals surface area contributed by atoms with Crippen molar-refractivity contribution in [2.24, 2.45) is 0 Å². The highest BCUT2D eigenvalue weighted by atomic mass is 16.5. The first kappa shape index (κ1) is 15.8. The Kier molecular flexibility index (Phi) is 5.72. The van der Waals surface area contributed by atoms with Crippen LogP contribution in [0.1, 0.15) is 12.5 Å². The van der Waals surface area contributed by atoms with Gasteiger partial charge in [0.1, 0.15) is 0 Å². The molecule has 114 valence electrons. The quantitative estimate of drug-likeness (QED) is 0.770. The summed E-state index contributed by atoms with van der Waals surface area (Å²) in [7, 11) is 0. The second kappa shape index (κ2) is 7.98. The molecule has 0 radical (unpaired) electrons. The molecule has 0 aliphatic heterocycles. The smallest absolute Gasteiger partial charge is 0.310 e. The summed E-state index contributed by atoms with van der Waals surface area (Å²) in [6.45, 7) is 2.17. The van der Waals surface area contributed by atoms with Crippen LogP contribution in [-0.4, -0.2) is 25.0 Å². The number of benzene rings is 2. The third kappa shape index (κ3) is 4.45. The molecule has 1 amide bonds. The highest BCUT2D eigenvalue weighted by Crippen LogP contribution is 2.13. The van der Waals surface area contributed by atoms with Gasteiger partial charge in [0.15, 0.2) is 6.61 Å². The molecule has 0 bridgehead atoms. The van der Waals surface area contributed by atoms with E-state index in [1.807, 2.05) is 67.6 Å². The van der Waals surface area contributed by atoms with Crippen LogP contribution >= 0.6 is 0 Å². The van der Waals surface area contributed by atoms with E-state index in [1.54, 1.807) is 4.90 Å². The summed E-state index contributed by atoms with van der Waals surface area (Å²) in [6.07, 6.45) is 0.172. The summed E-state index contributed by atoms with van der Waals surface area (Å²) in [5.41, 5.74) is 1.67. The van der Waals surface area contributed by atoms with Crippen LogP contribution in [0.4, 0.5) is 5.69 Å². The summed E-state index contributed by atoms with van der Waals surface area (Å²) in [6, 6.07) is 18.7. The maximum Gasteiger partial charge on any atom is 0.310 e. The molecule has 2 rings (SSSR count). The highest BCUT2D eigenvalue weighted by Gasteiger charge is 2.15. The highest BCUT2D eigenvalue weighted by molar-refractivity contribution is 5.95. The van der Waals surface area contributed by atoms with E-state index in [0.29, 0.717) is 6.54 Å². The number of anilines is 1. The summed E-state index contributed by atoms with van der Waals surface area (Å²) < 4.78 is 5.08. The van der Waals surface area contributed by atoms with Gasteiger partial charge in [0.25, 0.3) is 5.91 Å². The van der Waals surface area contributed by atoms with Gasteiger partial charge in [-0.3, -0.25) is 9.59 Å². The van der Waals surface area contributed by atoms with Gasteiger partial charge < -0.3 is 9.64 Å². The van der Waals surface area contributed by atoms with E-state index in [4.69, 9.17) is 4.74 Å². The van der Waals surface area contributed by atoms with Gasteiger partial charge in [-0.05, 0) is 24.6 Å². The number of likely N-dealkylation sites (N-methyl/N-ethyl adjacent to an activating group) is 1. The summed E-state index contributed by atoms with van der Waals surface area (Å²) in [5.74, 6) is -0.626. The van der Waals surface area contributed by atoms with Gasteiger partial charge in [0, 0.05) is 12.2 Å². The third-order valence-electron chi connectivity index (χ3n) is 3.23. The molecule has 4 heteroatoms. The minimum Gasteiger partial charge on any atom is -0.455 e. The number of esters is 1. The van der Waals surface area contributed by atoms with Crippen molar-refractivity contribution in [1.82, 2.24) is 0 Å². The molecule has 0 heterocycles. The van der Waals surface area contributed by atoms with Crippen LogP contribution in [0.15, 0.2) is 60.7 Å². The van der Waals surface area contributed by atoms with Gasteiger partial charge in [0.2, 0.25) is 0 Å². The average molecular weight is 297 g/mol. The van der Waals surface area contributed by atoms with E-state index in [-0.39, 0.29) is 18.9 Å². The van der Waals surface area contributed by atoms with E-state index < -0.39 is 5.97 Å². The van der Waals surface area contributed by atoms with Crippen LogP contribution in [0.3, 0.4) is 0 Å². The van der Waals surface area contributed by atoms with Crippen LogP contribution in [0.5, 0.6) is 0 Å². The number of amides is 1. The van der Waals surface area contributed by atoms with Gasteiger partial charge >= 0.3 is 5.97 Å². The number of para-hydroxylation sites is 1. The van der Waals surface area contributed by atoms with Crippen LogP contribution in [0.2, 0.25) is 0 Å². The van der Waals surface area contributed by atoms with Gasteiger partial charge in [-0.1, -0.05) is 48.5 Å². The molecular weight excluding hydrogens is 278 g/mol. The van der Waals surface area contributed by atoms with Crippen molar-refractivity contribution < 1.29 is 14.3 Å². The van der Waals surface area contributed by atoms with Crippen molar-refractivity contribution in [2.45, 2.75) is 13.3 Å². The van der Waals surface area contributed by atoms with Crippen molar-refractivity contribution in [2.75, 3.05) is 18.1 Å². The number of nitrogens with zero attached hydrogens (tertiary/aromatic N) is 1. The maximum atomic E-state index is 12.2. The lowest BCUT2D eigenvalue weighted by Crippen LogP contribution is -2.34. The number of rotatable bonds is 6. The maximum absolute atomic E-state index is 12.2. The fraction of sp³-hybridized carbons (Fsp3) is 0.222. The number of hydrogen-bond donors (Lipinski definition) is 0. The van der Waals surface area contributed by atoms with Crippen molar-refractivity contribution >= 4 is 17.6 Å². The Hall–Kier alpha value is -2.62. The lowest BCUT2D eigenvalue weighted by molar-refractivity contribution is -0.147. The van der Waals surface area contributed by atoms with Crippen molar-refractivity contribution in [3.8, 4) is 0 Å². The molecule has 4 nitrogen and oxygen atoms in total. The third-order valence-corrected chi connectivity index (χ3v) is 3.23. The molecule has 2 aromatic rings. The van der Waals surface area contributed by atoms with E-state index in [9.17, 15) is 9.59 Å². The Bertz CT molecular complexity index is 611. The Morgan fingerprint density at radius 1 is 0.955 bits per heavy atom. The SMILES string of the molecule is CCN(C(=O)COC(=O)Cc1ccccc1)c1ccccc1. The normalized spacial score (nSPS) is 10.0. The molecule has 0 aliphatic rings. The first-order chi connectivity index (χ1) is 10.7. The predicted octanol–water partition coefficient (Wildman–Crippen LogP) is 2.83. The Morgan fingerprint density at radius 3 is 2.14 bits per heavy atom. The van der Waals surface area contributed by atoms with Crippen molar-refractivity contribution in [3.05, 3.63) is 66.2 Å². The molecule has 0 fully saturated rings. The zero-order chi connectivity index (χ0) is 15.8. The fourth-order valence-corrected chi connectivity index (χ4v) is 2.14. The monoisotopic (exact) mass is 297 g/mol. The molecule has 22 heavy (non-hydrogen) atoms. The van der Waals surface area contributed by atoms with E-state index >= 15 is 0 Å². The molecule has 2 aromatic carbocycles. The Morgan fingerprint density at radius 2 is 1.55 bits per heavy atom. The molecule has 0 N–H and O–H groups in total. The molecule has 0 aromatic heterocycles. The summed E-state index contributed by atoms with van der Waals surface area (Å²) in [4.78, 5) is 25.5. The fourth-order valence-electron chi connectivity index (χ4n) is 2.14. The van der Waals surface area contributed by atoms with Gasteiger partial charge in [-0.2, -0.15) is 0 Å². The first-order valence-electron chi connectivity index (χ1n) is 7.25. The topological polar surface area (TPSA) is 46.6 Å². The van der Waals surface area contributed by atoms with Gasteiger partial charge in [0.05, 0.1) is 6.42 Å². The first-order valence-corrected chi connectivity index (χ1v) is 7.25. The summed E-state index contributed by atoms with van der Waals surface area (Å²) in [5, 5.41) is 0. The predicted molar refractivity (Wildman–Crippen MR) is 85.6 cm³/mol. The minimum absolute atomic E-state index is 0.172. The van der Waals surface area contributed by atoms with Crippen molar-refractivity contribution in [1.29, 1.82) is 0 Å². The van der Waals surface area contributed by atoms with Crippen LogP contribution in [0.25, 0.3) is 0 Å². The Balaban J connectivity index is 1.87. The molecule has 0 atom stereocenters. The van der Waals surface area contributed by atoms with Crippen LogP contribution in [0, 0.1) is 0 Å². The average Bonchev–Trinajstić information content (AvgIpc) is 2.55. The van der Waals surface area contributed by atoms with Crippen molar-refractivity contribution in [3.63, 3.8) is 0 Å². The second-order valence-corrected chi connectivity index (χ2v) is 4.80. The number of hydrogen-bond acceptors (Lipinski definition) is 3. The number of ether oxygens (including phenoxy) is 1.